The largest absolute Gasteiger partial charge is 0.458 e. The van der Waals surface area contributed by atoms with E-state index in [0.29, 0.717) is 13.0 Å². The number of dihydropyridines is 1. The van der Waals surface area contributed by atoms with E-state index >= 15 is 0 Å². The van der Waals surface area contributed by atoms with E-state index in [1.807, 2.05) is 12.3 Å². The summed E-state index contributed by atoms with van der Waals surface area (Å²) >= 11 is 0. The Balaban J connectivity index is 2.17. The fourth-order valence-electron chi connectivity index (χ4n) is 1.25. The van der Waals surface area contributed by atoms with Gasteiger partial charge in [-0.3, -0.25) is 4.99 Å². The molecule has 0 amide bonds. The molecule has 0 aliphatic carbocycles. The first kappa shape index (κ1) is 12.4. The van der Waals surface area contributed by atoms with Crippen molar-refractivity contribution < 1.29 is 19.1 Å². The molecule has 0 fully saturated rings. The van der Waals surface area contributed by atoms with E-state index in [2.05, 4.69) is 9.73 Å². The smallest absolute Gasteiger partial charge is 0.417 e. The van der Waals surface area contributed by atoms with E-state index < -0.39 is 11.9 Å². The lowest BCUT2D eigenvalue weighted by Gasteiger charge is -2.08. The molecule has 1 aliphatic heterocycles. The standard InChI is InChI=1S/C11H15NO4/c1-2-15-10(13)11(14)16-8-5-9-3-6-12-7-4-9/h3,7H,2,4-6,8H2,1H3. The average molecular weight is 225 g/mol. The number of hydrogen-bond donors (Lipinski definition) is 0. The molecule has 0 unspecified atom stereocenters. The lowest BCUT2D eigenvalue weighted by Crippen LogP contribution is -2.20. The normalized spacial score (nSPS) is 14.2. The number of rotatable bonds is 4. The highest BCUT2D eigenvalue weighted by molar-refractivity contribution is 6.29. The highest BCUT2D eigenvalue weighted by Gasteiger charge is 2.16. The number of hydrogen-bond acceptors (Lipinski definition) is 5. The molecule has 16 heavy (non-hydrogen) atoms. The fraction of sp³-hybridized carbons (Fsp3) is 0.545. The number of ether oxygens (including phenoxy) is 2. The number of aliphatic imine (C=N–C) groups is 1. The Morgan fingerprint density at radius 2 is 2.12 bits per heavy atom. The van der Waals surface area contributed by atoms with Crippen LogP contribution in [0.2, 0.25) is 0 Å². The maximum atomic E-state index is 11.0. The van der Waals surface area contributed by atoms with Gasteiger partial charge in [0.1, 0.15) is 0 Å². The Kier molecular flexibility index (Phi) is 5.25. The summed E-state index contributed by atoms with van der Waals surface area (Å²) in [5.74, 6) is -1.85. The molecule has 1 rings (SSSR count). The van der Waals surface area contributed by atoms with Crippen molar-refractivity contribution in [3.05, 3.63) is 11.6 Å². The van der Waals surface area contributed by atoms with Gasteiger partial charge in [-0.05, 0) is 6.92 Å². The summed E-state index contributed by atoms with van der Waals surface area (Å²) in [5, 5.41) is 0. The molecule has 0 atom stereocenters. The first-order chi connectivity index (χ1) is 7.74. The number of esters is 2. The zero-order valence-corrected chi connectivity index (χ0v) is 9.27. The zero-order chi connectivity index (χ0) is 11.8. The van der Waals surface area contributed by atoms with E-state index in [0.717, 1.165) is 6.42 Å². The molecule has 0 radical (unpaired) electrons. The first-order valence-corrected chi connectivity index (χ1v) is 5.24. The molecule has 1 heterocycles. The van der Waals surface area contributed by atoms with Crippen LogP contribution in [0.5, 0.6) is 0 Å². The van der Waals surface area contributed by atoms with Crippen LogP contribution >= 0.6 is 0 Å². The van der Waals surface area contributed by atoms with Gasteiger partial charge in [-0.1, -0.05) is 11.6 Å². The van der Waals surface area contributed by atoms with Crippen LogP contribution in [0, 0.1) is 0 Å². The van der Waals surface area contributed by atoms with Crippen LogP contribution < -0.4 is 0 Å². The van der Waals surface area contributed by atoms with E-state index in [4.69, 9.17) is 4.74 Å². The van der Waals surface area contributed by atoms with Crippen molar-refractivity contribution in [2.24, 2.45) is 4.99 Å². The summed E-state index contributed by atoms with van der Waals surface area (Å²) < 4.78 is 9.26. The van der Waals surface area contributed by atoms with Crippen LogP contribution in [0.15, 0.2) is 16.6 Å². The highest BCUT2D eigenvalue weighted by Crippen LogP contribution is 2.08. The molecule has 0 N–H and O–H groups in total. The molecule has 5 heteroatoms. The fourth-order valence-corrected chi connectivity index (χ4v) is 1.25. The van der Waals surface area contributed by atoms with Crippen LogP contribution in [0.25, 0.3) is 0 Å². The van der Waals surface area contributed by atoms with Crippen molar-refractivity contribution in [2.75, 3.05) is 19.8 Å². The summed E-state index contributed by atoms with van der Waals surface area (Å²) in [6.07, 6.45) is 5.26. The Labute approximate surface area is 94.1 Å². The molecule has 0 aromatic heterocycles. The van der Waals surface area contributed by atoms with Crippen LogP contribution in [-0.4, -0.2) is 37.9 Å². The Morgan fingerprint density at radius 1 is 1.38 bits per heavy atom. The molecule has 0 spiro atoms. The van der Waals surface area contributed by atoms with E-state index in [1.165, 1.54) is 5.57 Å². The second-order valence-electron chi connectivity index (χ2n) is 3.22. The van der Waals surface area contributed by atoms with Crippen molar-refractivity contribution in [3.63, 3.8) is 0 Å². The third-order valence-corrected chi connectivity index (χ3v) is 2.07. The summed E-state index contributed by atoms with van der Waals surface area (Å²) in [6.45, 7) is 2.70. The highest BCUT2D eigenvalue weighted by atomic mass is 16.6. The molecule has 1 aliphatic rings. The second-order valence-corrected chi connectivity index (χ2v) is 3.22. The lowest BCUT2D eigenvalue weighted by atomic mass is 10.1. The van der Waals surface area contributed by atoms with Crippen LogP contribution in [0.1, 0.15) is 19.8 Å². The summed E-state index contributed by atoms with van der Waals surface area (Å²) in [4.78, 5) is 26.0. The number of carbonyl (C=O) groups excluding carboxylic acids is 2. The first-order valence-electron chi connectivity index (χ1n) is 5.24. The van der Waals surface area contributed by atoms with Gasteiger partial charge in [0, 0.05) is 19.1 Å². The molecule has 0 saturated carbocycles. The van der Waals surface area contributed by atoms with E-state index in [-0.39, 0.29) is 13.2 Å². The maximum absolute atomic E-state index is 11.0. The van der Waals surface area contributed by atoms with Crippen LogP contribution in [0.4, 0.5) is 0 Å². The summed E-state index contributed by atoms with van der Waals surface area (Å²) in [5.41, 5.74) is 1.17. The topological polar surface area (TPSA) is 65.0 Å². The molecule has 88 valence electrons. The van der Waals surface area contributed by atoms with Crippen molar-refractivity contribution in [2.45, 2.75) is 19.8 Å². The van der Waals surface area contributed by atoms with Crippen molar-refractivity contribution >= 4 is 18.2 Å². The Hall–Kier alpha value is -1.65. The Morgan fingerprint density at radius 3 is 2.75 bits per heavy atom. The van der Waals surface area contributed by atoms with Crippen LogP contribution in [0.3, 0.4) is 0 Å². The molecule has 0 bridgehead atoms. The number of carbonyl (C=O) groups is 2. The minimum absolute atomic E-state index is 0.176. The molecular weight excluding hydrogens is 210 g/mol. The number of nitrogens with zero attached hydrogens (tertiary/aromatic N) is 1. The predicted octanol–water partition coefficient (Wildman–Crippen LogP) is 0.884. The maximum Gasteiger partial charge on any atom is 0.417 e. The van der Waals surface area contributed by atoms with Crippen LogP contribution in [-0.2, 0) is 19.1 Å². The van der Waals surface area contributed by atoms with E-state index in [1.54, 1.807) is 6.92 Å². The van der Waals surface area contributed by atoms with Crippen molar-refractivity contribution in [1.29, 1.82) is 0 Å². The molecule has 0 saturated heterocycles. The molecule has 5 nitrogen and oxygen atoms in total. The van der Waals surface area contributed by atoms with E-state index in [9.17, 15) is 9.59 Å². The van der Waals surface area contributed by atoms with Gasteiger partial charge >= 0.3 is 11.9 Å². The van der Waals surface area contributed by atoms with Gasteiger partial charge in [0.25, 0.3) is 0 Å². The third-order valence-electron chi connectivity index (χ3n) is 2.07. The SMILES string of the molecule is CCOC(=O)C(=O)OCCC1=CCN=CC1. The predicted molar refractivity (Wildman–Crippen MR) is 58.3 cm³/mol. The van der Waals surface area contributed by atoms with Gasteiger partial charge in [0.05, 0.1) is 19.8 Å². The van der Waals surface area contributed by atoms with Gasteiger partial charge in [-0.25, -0.2) is 9.59 Å². The zero-order valence-electron chi connectivity index (χ0n) is 9.27. The minimum Gasteiger partial charge on any atom is -0.458 e. The Bertz CT molecular complexity index is 320. The van der Waals surface area contributed by atoms with Gasteiger partial charge in [-0.2, -0.15) is 0 Å². The molecular formula is C11H15NO4. The monoisotopic (exact) mass is 225 g/mol. The minimum atomic E-state index is -0.929. The van der Waals surface area contributed by atoms with Gasteiger partial charge in [-0.15, -0.1) is 0 Å². The summed E-state index contributed by atoms with van der Waals surface area (Å²) in [7, 11) is 0. The van der Waals surface area contributed by atoms with Crippen molar-refractivity contribution in [3.8, 4) is 0 Å². The lowest BCUT2D eigenvalue weighted by molar-refractivity contribution is -0.167. The van der Waals surface area contributed by atoms with Gasteiger partial charge < -0.3 is 9.47 Å². The van der Waals surface area contributed by atoms with Gasteiger partial charge in [0.2, 0.25) is 0 Å². The quantitative estimate of drug-likeness (QED) is 0.405. The molecule has 0 aromatic rings. The second kappa shape index (κ2) is 6.76. The van der Waals surface area contributed by atoms with Gasteiger partial charge in [0.15, 0.2) is 0 Å². The summed E-state index contributed by atoms with van der Waals surface area (Å²) in [6, 6.07) is 0. The third kappa shape index (κ3) is 4.25. The average Bonchev–Trinajstić information content (AvgIpc) is 2.30. The molecule has 0 aromatic carbocycles. The van der Waals surface area contributed by atoms with Crippen molar-refractivity contribution in [1.82, 2.24) is 0 Å².